The number of hydrogen-bond acceptors (Lipinski definition) is 4. The van der Waals surface area contributed by atoms with Gasteiger partial charge in [0.15, 0.2) is 16.8 Å². The Morgan fingerprint density at radius 1 is 1.37 bits per heavy atom. The van der Waals surface area contributed by atoms with E-state index in [0.29, 0.717) is 36.1 Å². The maximum atomic E-state index is 12.3. The summed E-state index contributed by atoms with van der Waals surface area (Å²) < 4.78 is 4.82. The van der Waals surface area contributed by atoms with Crippen molar-refractivity contribution < 1.29 is 4.79 Å². The Labute approximate surface area is 169 Å². The monoisotopic (exact) mass is 445 g/mol. The molecule has 1 fully saturated rings. The number of fused-ring (bicyclic) bond motifs is 5. The molecule has 138 valence electrons. The van der Waals surface area contributed by atoms with E-state index >= 15 is 0 Å². The minimum atomic E-state index is -0.354. The summed E-state index contributed by atoms with van der Waals surface area (Å²) in [6, 6.07) is 6.04. The van der Waals surface area contributed by atoms with Crippen LogP contribution in [0.2, 0.25) is 5.15 Å². The summed E-state index contributed by atoms with van der Waals surface area (Å²) in [5.41, 5.74) is 2.44. The minimum Gasteiger partial charge on any atom is -0.299 e. The molecule has 1 aromatic carbocycles. The van der Waals surface area contributed by atoms with Crippen molar-refractivity contribution in [2.24, 2.45) is 5.41 Å². The van der Waals surface area contributed by atoms with Gasteiger partial charge in [0.05, 0.1) is 17.9 Å². The van der Waals surface area contributed by atoms with Crippen molar-refractivity contribution in [1.82, 2.24) is 24.3 Å². The van der Waals surface area contributed by atoms with Gasteiger partial charge in [0.2, 0.25) is 0 Å². The molecule has 0 spiro atoms. The van der Waals surface area contributed by atoms with Gasteiger partial charge in [-0.25, -0.2) is 14.6 Å². The first kappa shape index (κ1) is 17.1. The average molecular weight is 447 g/mol. The second-order valence-corrected chi connectivity index (χ2v) is 8.81. The third-order valence-corrected chi connectivity index (χ3v) is 6.45. The van der Waals surface area contributed by atoms with Crippen molar-refractivity contribution in [2.75, 3.05) is 0 Å². The molecule has 0 N–H and O–H groups in total. The lowest BCUT2D eigenvalue weighted by Gasteiger charge is -2.19. The van der Waals surface area contributed by atoms with Gasteiger partial charge in [0, 0.05) is 28.3 Å². The van der Waals surface area contributed by atoms with Crippen molar-refractivity contribution in [3.63, 3.8) is 0 Å². The fraction of sp³-hybridized carbons (Fsp3) is 0.368. The van der Waals surface area contributed by atoms with Gasteiger partial charge in [-0.3, -0.25) is 9.36 Å². The molecule has 27 heavy (non-hydrogen) atoms. The number of hydrogen-bond donors (Lipinski definition) is 0. The SMILES string of the molecule is CC1(Cc2nc3n(n2)Cc2c(Cl)ncn2-c2ccc(Br)cc2-3)CCCC1=O. The van der Waals surface area contributed by atoms with E-state index in [2.05, 4.69) is 20.9 Å². The van der Waals surface area contributed by atoms with Crippen molar-refractivity contribution in [3.05, 3.63) is 45.7 Å². The molecular formula is C19H17BrClN5O. The van der Waals surface area contributed by atoms with Crippen LogP contribution < -0.4 is 0 Å². The lowest BCUT2D eigenvalue weighted by molar-refractivity contribution is -0.125. The van der Waals surface area contributed by atoms with Crippen LogP contribution in [-0.4, -0.2) is 30.1 Å². The van der Waals surface area contributed by atoms with Crippen LogP contribution in [0.25, 0.3) is 17.1 Å². The average Bonchev–Trinajstić information content (AvgIpc) is 3.26. The number of imidazole rings is 1. The van der Waals surface area contributed by atoms with E-state index in [9.17, 15) is 4.79 Å². The third kappa shape index (κ3) is 2.67. The molecule has 8 heteroatoms. The van der Waals surface area contributed by atoms with Crippen LogP contribution in [0.1, 0.15) is 37.7 Å². The lowest BCUT2D eigenvalue weighted by atomic mass is 9.84. The molecule has 0 bridgehead atoms. The number of carbonyl (C=O) groups excluding carboxylic acids is 1. The highest BCUT2D eigenvalue weighted by atomic mass is 79.9. The first-order chi connectivity index (χ1) is 12.9. The molecule has 2 aromatic heterocycles. The molecule has 3 heterocycles. The van der Waals surface area contributed by atoms with E-state index in [1.54, 1.807) is 6.33 Å². The number of nitrogens with zero attached hydrogens (tertiary/aromatic N) is 5. The molecule has 0 radical (unpaired) electrons. The molecule has 6 nitrogen and oxygen atoms in total. The molecule has 1 atom stereocenters. The molecule has 5 rings (SSSR count). The largest absolute Gasteiger partial charge is 0.299 e. The van der Waals surface area contributed by atoms with E-state index in [4.69, 9.17) is 21.7 Å². The molecule has 1 aliphatic heterocycles. The summed E-state index contributed by atoms with van der Waals surface area (Å²) in [7, 11) is 0. The second-order valence-electron chi connectivity index (χ2n) is 7.54. The van der Waals surface area contributed by atoms with Gasteiger partial charge in [-0.15, -0.1) is 0 Å². The number of aromatic nitrogens is 5. The van der Waals surface area contributed by atoms with Gasteiger partial charge in [-0.2, -0.15) is 5.10 Å². The van der Waals surface area contributed by atoms with E-state index in [-0.39, 0.29) is 5.41 Å². The number of rotatable bonds is 2. The van der Waals surface area contributed by atoms with Crippen molar-refractivity contribution >= 4 is 33.3 Å². The van der Waals surface area contributed by atoms with Gasteiger partial charge in [-0.1, -0.05) is 34.5 Å². The summed E-state index contributed by atoms with van der Waals surface area (Å²) >= 11 is 9.89. The molecule has 2 aliphatic rings. The molecule has 1 unspecified atom stereocenters. The van der Waals surface area contributed by atoms with Crippen LogP contribution in [0.5, 0.6) is 0 Å². The number of halogens is 2. The van der Waals surface area contributed by atoms with Gasteiger partial charge in [0.1, 0.15) is 12.1 Å². The first-order valence-corrected chi connectivity index (χ1v) is 10.1. The Morgan fingerprint density at radius 2 is 2.22 bits per heavy atom. The lowest BCUT2D eigenvalue weighted by Crippen LogP contribution is -2.25. The second kappa shape index (κ2) is 6.01. The fourth-order valence-corrected chi connectivity index (χ4v) is 4.69. The predicted molar refractivity (Wildman–Crippen MR) is 105 cm³/mol. The van der Waals surface area contributed by atoms with Crippen LogP contribution in [0.4, 0.5) is 0 Å². The first-order valence-electron chi connectivity index (χ1n) is 8.94. The van der Waals surface area contributed by atoms with Gasteiger partial charge in [0.25, 0.3) is 0 Å². The molecule has 0 saturated heterocycles. The van der Waals surface area contributed by atoms with E-state index in [0.717, 1.165) is 40.1 Å². The quantitative estimate of drug-likeness (QED) is 0.463. The van der Waals surface area contributed by atoms with E-state index < -0.39 is 0 Å². The fourth-order valence-electron chi connectivity index (χ4n) is 4.13. The van der Waals surface area contributed by atoms with Crippen molar-refractivity contribution in [1.29, 1.82) is 0 Å². The standard InChI is InChI=1S/C19H17BrClN5O/c1-19(6-2-3-15(19)27)8-16-23-18-12-7-11(20)4-5-13(12)25-10-22-17(21)14(25)9-26(18)24-16/h4-5,7,10H,2-3,6,8-9H2,1H3. The normalized spacial score (nSPS) is 20.9. The Bertz CT molecular complexity index is 1090. The zero-order chi connectivity index (χ0) is 18.8. The minimum absolute atomic E-state index is 0.316. The van der Waals surface area contributed by atoms with E-state index in [1.165, 1.54) is 0 Å². The highest BCUT2D eigenvalue weighted by molar-refractivity contribution is 9.10. The Balaban J connectivity index is 1.65. The van der Waals surface area contributed by atoms with Gasteiger partial charge in [-0.05, 0) is 31.0 Å². The topological polar surface area (TPSA) is 65.6 Å². The van der Waals surface area contributed by atoms with Gasteiger partial charge < -0.3 is 0 Å². The highest BCUT2D eigenvalue weighted by Crippen LogP contribution is 2.38. The molecule has 1 saturated carbocycles. The van der Waals surface area contributed by atoms with Crippen molar-refractivity contribution in [3.8, 4) is 17.1 Å². The summed E-state index contributed by atoms with van der Waals surface area (Å²) in [5, 5.41) is 5.20. The Morgan fingerprint density at radius 3 is 3.00 bits per heavy atom. The number of Topliss-reactive ketones (excluding diaryl/α,β-unsaturated/α-hetero) is 1. The Hall–Kier alpha value is -1.99. The number of carbonyl (C=O) groups is 1. The summed E-state index contributed by atoms with van der Waals surface area (Å²) in [5.74, 6) is 1.81. The number of benzene rings is 1. The van der Waals surface area contributed by atoms with Gasteiger partial charge >= 0.3 is 0 Å². The molecule has 1 aliphatic carbocycles. The summed E-state index contributed by atoms with van der Waals surface area (Å²) in [6.45, 7) is 2.52. The summed E-state index contributed by atoms with van der Waals surface area (Å²) in [6.07, 6.45) is 4.82. The van der Waals surface area contributed by atoms with Crippen LogP contribution in [0.15, 0.2) is 29.0 Å². The highest BCUT2D eigenvalue weighted by Gasteiger charge is 2.39. The summed E-state index contributed by atoms with van der Waals surface area (Å²) in [4.78, 5) is 21.4. The third-order valence-electron chi connectivity index (χ3n) is 5.64. The van der Waals surface area contributed by atoms with E-state index in [1.807, 2.05) is 34.4 Å². The predicted octanol–water partition coefficient (Wildman–Crippen LogP) is 4.21. The Kier molecular flexibility index (Phi) is 3.81. The maximum absolute atomic E-state index is 12.3. The van der Waals surface area contributed by atoms with Crippen LogP contribution in [-0.2, 0) is 17.8 Å². The molecule has 3 aromatic rings. The smallest absolute Gasteiger partial charge is 0.160 e. The van der Waals surface area contributed by atoms with Crippen molar-refractivity contribution in [2.45, 2.75) is 39.2 Å². The number of ketones is 1. The zero-order valence-electron chi connectivity index (χ0n) is 14.7. The zero-order valence-corrected chi connectivity index (χ0v) is 17.1. The molecule has 0 amide bonds. The van der Waals surface area contributed by atoms with Crippen LogP contribution >= 0.6 is 27.5 Å². The molecular weight excluding hydrogens is 430 g/mol. The van der Waals surface area contributed by atoms with Crippen LogP contribution in [0, 0.1) is 5.41 Å². The maximum Gasteiger partial charge on any atom is 0.160 e. The van der Waals surface area contributed by atoms with Crippen LogP contribution in [0.3, 0.4) is 0 Å².